The minimum absolute atomic E-state index is 0.216. The Morgan fingerprint density at radius 3 is 1.71 bits per heavy atom. The van der Waals surface area contributed by atoms with Crippen LogP contribution in [0.1, 0.15) is 27.2 Å². The van der Waals surface area contributed by atoms with Crippen molar-refractivity contribution in [1.29, 1.82) is 0 Å². The summed E-state index contributed by atoms with van der Waals surface area (Å²) in [6, 6.07) is -0.380. The fraction of sp³-hybridized carbons (Fsp3) is 0.688. The number of quaternary nitrogens is 1. The number of hydrogen-bond acceptors (Lipinski definition) is 4. The zero-order valence-corrected chi connectivity index (χ0v) is 16.0. The average Bonchev–Trinajstić information content (AvgIpc) is 2.36. The van der Waals surface area contributed by atoms with E-state index in [1.165, 1.54) is 0 Å². The summed E-state index contributed by atoms with van der Waals surface area (Å²) < 4.78 is 0.575. The SMILES string of the molecule is C=C(C)C(N)=O.CC(C(=O)O)N(C)C.CCC[N+](C)(C)CC(=O)O. The van der Waals surface area contributed by atoms with Crippen LogP contribution >= 0.6 is 0 Å². The van der Waals surface area contributed by atoms with E-state index in [-0.39, 0.29) is 12.6 Å². The van der Waals surface area contributed by atoms with Crippen LogP contribution in [0.3, 0.4) is 0 Å². The Balaban J connectivity index is -0.000000285. The van der Waals surface area contributed by atoms with E-state index in [1.807, 2.05) is 14.1 Å². The number of nitrogens with zero attached hydrogens (tertiary/aromatic N) is 2. The maximum absolute atomic E-state index is 10.3. The second-order valence-corrected chi connectivity index (χ2v) is 6.33. The van der Waals surface area contributed by atoms with Crippen molar-refractivity contribution in [3.63, 3.8) is 0 Å². The Bertz CT molecular complexity index is 408. The van der Waals surface area contributed by atoms with Crippen molar-refractivity contribution in [3.05, 3.63) is 12.2 Å². The van der Waals surface area contributed by atoms with Crippen molar-refractivity contribution in [1.82, 2.24) is 4.90 Å². The van der Waals surface area contributed by atoms with Gasteiger partial charge in [-0.2, -0.15) is 0 Å². The highest BCUT2D eigenvalue weighted by Crippen LogP contribution is 1.97. The summed E-state index contributed by atoms with van der Waals surface area (Å²) >= 11 is 0. The van der Waals surface area contributed by atoms with Crippen LogP contribution in [0.4, 0.5) is 0 Å². The number of carboxylic acid groups (broad SMARTS) is 2. The van der Waals surface area contributed by atoms with Crippen LogP contribution in [-0.4, -0.2) is 84.8 Å². The smallest absolute Gasteiger partial charge is 0.359 e. The number of hydrogen-bond donors (Lipinski definition) is 3. The first-order chi connectivity index (χ1) is 10.7. The number of carboxylic acids is 2. The molecule has 0 aliphatic heterocycles. The first kappa shape index (κ1) is 26.9. The van der Waals surface area contributed by atoms with Crippen LogP contribution in [-0.2, 0) is 14.4 Å². The van der Waals surface area contributed by atoms with Crippen LogP contribution in [0.5, 0.6) is 0 Å². The normalized spacial score (nSPS) is 11.3. The highest BCUT2D eigenvalue weighted by atomic mass is 16.4. The number of carbonyl (C=O) groups excluding carboxylic acids is 1. The van der Waals surface area contributed by atoms with Gasteiger partial charge in [0.05, 0.1) is 20.6 Å². The van der Waals surface area contributed by atoms with Gasteiger partial charge in [0, 0.05) is 5.57 Å². The first-order valence-corrected chi connectivity index (χ1v) is 7.56. The van der Waals surface area contributed by atoms with Crippen LogP contribution in [0.2, 0.25) is 0 Å². The van der Waals surface area contributed by atoms with E-state index in [0.717, 1.165) is 13.0 Å². The number of likely N-dealkylation sites (N-methyl/N-ethyl adjacent to an activating group) is 2. The molecule has 0 heterocycles. The molecule has 0 fully saturated rings. The molecule has 0 aliphatic carbocycles. The molecule has 1 atom stereocenters. The molecule has 1 unspecified atom stereocenters. The van der Waals surface area contributed by atoms with Crippen molar-refractivity contribution >= 4 is 17.8 Å². The largest absolute Gasteiger partial charge is 0.480 e. The Hall–Kier alpha value is -1.93. The molecule has 0 rings (SSSR count). The van der Waals surface area contributed by atoms with E-state index in [0.29, 0.717) is 10.1 Å². The fourth-order valence-corrected chi connectivity index (χ4v) is 1.27. The maximum atomic E-state index is 10.3. The van der Waals surface area contributed by atoms with E-state index >= 15 is 0 Å². The molecule has 0 aromatic heterocycles. The number of carbonyl (C=O) groups is 3. The zero-order chi connectivity index (χ0) is 20.1. The Morgan fingerprint density at radius 2 is 1.58 bits per heavy atom. The third-order valence-corrected chi connectivity index (χ3v) is 2.94. The van der Waals surface area contributed by atoms with Crippen LogP contribution < -0.4 is 5.73 Å². The summed E-state index contributed by atoms with van der Waals surface area (Å²) in [5.41, 5.74) is 5.09. The molecule has 4 N–H and O–H groups in total. The Kier molecular flexibility index (Phi) is 15.2. The van der Waals surface area contributed by atoms with Gasteiger partial charge in [-0.3, -0.25) is 14.5 Å². The molecular weight excluding hydrogens is 314 g/mol. The molecule has 0 saturated heterocycles. The second kappa shape index (κ2) is 13.5. The third-order valence-electron chi connectivity index (χ3n) is 2.94. The molecule has 0 aliphatic rings. The maximum Gasteiger partial charge on any atom is 0.359 e. The average molecular weight is 348 g/mol. The summed E-state index contributed by atoms with van der Waals surface area (Å²) in [6.45, 7) is 9.69. The number of aliphatic carboxylic acids is 2. The molecule has 0 radical (unpaired) electrons. The molecule has 8 heteroatoms. The summed E-state index contributed by atoms with van der Waals surface area (Å²) in [4.78, 5) is 31.8. The van der Waals surface area contributed by atoms with Gasteiger partial charge in [-0.25, -0.2) is 4.79 Å². The van der Waals surface area contributed by atoms with E-state index < -0.39 is 17.8 Å². The van der Waals surface area contributed by atoms with Gasteiger partial charge in [0.1, 0.15) is 6.04 Å². The molecule has 0 aromatic carbocycles. The standard InChI is InChI=1S/C7H15NO2.C5H11NO2.C4H7NO/c1-4-5-8(2,3)6-7(9)10;1-4(5(7)8)6(2)3;1-3(2)4(5)6/h4-6H2,1-3H3;4H,1-3H3,(H,7,8);1H2,2H3,(H2,5,6)/p+1. The van der Waals surface area contributed by atoms with Gasteiger partial charge < -0.3 is 20.4 Å². The molecule has 0 spiro atoms. The van der Waals surface area contributed by atoms with Gasteiger partial charge in [0.25, 0.3) is 0 Å². The van der Waals surface area contributed by atoms with Crippen molar-refractivity contribution < 1.29 is 29.1 Å². The minimum atomic E-state index is -0.782. The third kappa shape index (κ3) is 20.1. The lowest BCUT2D eigenvalue weighted by molar-refractivity contribution is -0.883. The lowest BCUT2D eigenvalue weighted by atomic mass is 10.3. The van der Waals surface area contributed by atoms with E-state index in [9.17, 15) is 14.4 Å². The molecule has 142 valence electrons. The summed E-state index contributed by atoms with van der Waals surface area (Å²) in [5.74, 6) is -1.94. The van der Waals surface area contributed by atoms with E-state index in [1.54, 1.807) is 32.8 Å². The topological polar surface area (TPSA) is 121 Å². The lowest BCUT2D eigenvalue weighted by Gasteiger charge is -2.26. The highest BCUT2D eigenvalue weighted by molar-refractivity contribution is 5.90. The number of nitrogens with two attached hydrogens (primary N) is 1. The lowest BCUT2D eigenvalue weighted by Crippen LogP contribution is -2.44. The van der Waals surface area contributed by atoms with E-state index in [4.69, 9.17) is 15.9 Å². The number of primary amides is 1. The van der Waals surface area contributed by atoms with Gasteiger partial charge in [-0.1, -0.05) is 13.5 Å². The van der Waals surface area contributed by atoms with Gasteiger partial charge >= 0.3 is 11.9 Å². The molecule has 1 amide bonds. The van der Waals surface area contributed by atoms with Gasteiger partial charge in [-0.15, -0.1) is 0 Å². The highest BCUT2D eigenvalue weighted by Gasteiger charge is 2.17. The van der Waals surface area contributed by atoms with E-state index in [2.05, 4.69) is 13.5 Å². The predicted molar refractivity (Wildman–Crippen MR) is 94.6 cm³/mol. The zero-order valence-electron chi connectivity index (χ0n) is 16.0. The monoisotopic (exact) mass is 348 g/mol. The van der Waals surface area contributed by atoms with Gasteiger partial charge in [0.2, 0.25) is 5.91 Å². The molecule has 8 nitrogen and oxygen atoms in total. The minimum Gasteiger partial charge on any atom is -0.480 e. The molecular formula is C16H34N3O5+. The number of amides is 1. The van der Waals surface area contributed by atoms with Gasteiger partial charge in [-0.05, 0) is 34.4 Å². The molecule has 24 heavy (non-hydrogen) atoms. The second-order valence-electron chi connectivity index (χ2n) is 6.33. The van der Waals surface area contributed by atoms with Gasteiger partial charge in [0.15, 0.2) is 6.54 Å². The van der Waals surface area contributed by atoms with Crippen molar-refractivity contribution in [2.45, 2.75) is 33.2 Å². The van der Waals surface area contributed by atoms with Crippen LogP contribution in [0.15, 0.2) is 12.2 Å². The molecule has 0 saturated carbocycles. The summed E-state index contributed by atoms with van der Waals surface area (Å²) in [6.07, 6.45) is 1.03. The Morgan fingerprint density at radius 1 is 1.21 bits per heavy atom. The molecule has 0 bridgehead atoms. The summed E-state index contributed by atoms with van der Waals surface area (Å²) in [5, 5.41) is 16.8. The van der Waals surface area contributed by atoms with Crippen molar-refractivity contribution in [3.8, 4) is 0 Å². The van der Waals surface area contributed by atoms with Crippen molar-refractivity contribution in [2.24, 2.45) is 5.73 Å². The predicted octanol–water partition coefficient (Wildman–Crippen LogP) is 0.626. The molecule has 0 aromatic rings. The van der Waals surface area contributed by atoms with Crippen molar-refractivity contribution in [2.75, 3.05) is 41.3 Å². The Labute approximate surface area is 145 Å². The van der Waals surface area contributed by atoms with Crippen LogP contribution in [0.25, 0.3) is 0 Å². The van der Waals surface area contributed by atoms with Crippen LogP contribution in [0, 0.1) is 0 Å². The first-order valence-electron chi connectivity index (χ1n) is 7.56. The fourth-order valence-electron chi connectivity index (χ4n) is 1.27. The number of rotatable bonds is 7. The quantitative estimate of drug-likeness (QED) is 0.458. The summed E-state index contributed by atoms with van der Waals surface area (Å²) in [7, 11) is 7.33.